The summed E-state index contributed by atoms with van der Waals surface area (Å²) in [5.41, 5.74) is 3.83. The zero-order chi connectivity index (χ0) is 19.6. The molecule has 0 aromatic heterocycles. The minimum Gasteiger partial charge on any atom is -0.355 e. The van der Waals surface area contributed by atoms with Crippen LogP contribution in [0.15, 0.2) is 42.5 Å². The Morgan fingerprint density at radius 2 is 1.81 bits per heavy atom. The molecule has 140 valence electrons. The summed E-state index contributed by atoms with van der Waals surface area (Å²) in [5.74, 6) is -1.06. The molecule has 6 heteroatoms. The van der Waals surface area contributed by atoms with Gasteiger partial charge in [0, 0.05) is 25.7 Å². The highest BCUT2D eigenvalue weighted by atomic mass is 16.2. The largest absolute Gasteiger partial charge is 0.355 e. The molecule has 2 aromatic rings. The average Bonchev–Trinajstić information content (AvgIpc) is 3.05. The van der Waals surface area contributed by atoms with Crippen molar-refractivity contribution < 1.29 is 14.4 Å². The third-order valence-electron chi connectivity index (χ3n) is 5.02. The second-order valence-electron chi connectivity index (χ2n) is 6.74. The molecule has 0 aliphatic carbocycles. The maximum atomic E-state index is 12.7. The number of amides is 3. The summed E-state index contributed by atoms with van der Waals surface area (Å²) in [7, 11) is 1.54. The minimum atomic E-state index is -0.463. The summed E-state index contributed by atoms with van der Waals surface area (Å²) in [6.45, 7) is 4.31. The van der Waals surface area contributed by atoms with Gasteiger partial charge in [-0.2, -0.15) is 0 Å². The Balaban J connectivity index is 1.77. The average molecular weight is 365 g/mol. The van der Waals surface area contributed by atoms with Gasteiger partial charge in [0.15, 0.2) is 0 Å². The Morgan fingerprint density at radius 1 is 1.07 bits per heavy atom. The van der Waals surface area contributed by atoms with Crippen LogP contribution in [0.25, 0.3) is 0 Å². The zero-order valence-corrected chi connectivity index (χ0v) is 15.7. The monoisotopic (exact) mass is 365 g/mol. The quantitative estimate of drug-likeness (QED) is 0.874. The van der Waals surface area contributed by atoms with Gasteiger partial charge >= 0.3 is 0 Å². The smallest absolute Gasteiger partial charge is 0.253 e. The van der Waals surface area contributed by atoms with Gasteiger partial charge in [0.2, 0.25) is 11.8 Å². The van der Waals surface area contributed by atoms with Gasteiger partial charge in [0.1, 0.15) is 0 Å². The molecule has 0 bridgehead atoms. The third-order valence-corrected chi connectivity index (χ3v) is 5.02. The number of nitrogens with one attached hydrogen (secondary N) is 2. The van der Waals surface area contributed by atoms with E-state index in [-0.39, 0.29) is 24.1 Å². The van der Waals surface area contributed by atoms with Crippen molar-refractivity contribution in [2.45, 2.75) is 20.3 Å². The van der Waals surface area contributed by atoms with Gasteiger partial charge in [-0.1, -0.05) is 24.3 Å². The Kier molecular flexibility index (Phi) is 5.26. The zero-order valence-electron chi connectivity index (χ0n) is 15.7. The van der Waals surface area contributed by atoms with E-state index in [2.05, 4.69) is 10.6 Å². The van der Waals surface area contributed by atoms with Crippen LogP contribution in [0.1, 0.15) is 27.9 Å². The summed E-state index contributed by atoms with van der Waals surface area (Å²) in [6, 6.07) is 12.6. The van der Waals surface area contributed by atoms with Crippen LogP contribution < -0.4 is 15.5 Å². The molecule has 6 nitrogen and oxygen atoms in total. The number of aryl methyl sites for hydroxylation is 1. The maximum Gasteiger partial charge on any atom is 0.253 e. The highest BCUT2D eigenvalue weighted by Crippen LogP contribution is 2.30. The van der Waals surface area contributed by atoms with Crippen LogP contribution in [0.5, 0.6) is 0 Å². The van der Waals surface area contributed by atoms with E-state index < -0.39 is 5.92 Å². The van der Waals surface area contributed by atoms with Crippen molar-refractivity contribution in [3.8, 4) is 0 Å². The number of nitrogens with zero attached hydrogens (tertiary/aromatic N) is 1. The highest BCUT2D eigenvalue weighted by Gasteiger charge is 2.36. The summed E-state index contributed by atoms with van der Waals surface area (Å²) in [4.78, 5) is 38.9. The van der Waals surface area contributed by atoms with E-state index in [1.807, 2.05) is 32.0 Å². The number of carbonyl (C=O) groups is 3. The van der Waals surface area contributed by atoms with E-state index in [0.717, 1.165) is 16.8 Å². The lowest BCUT2D eigenvalue weighted by Crippen LogP contribution is -2.29. The SMILES string of the molecule is CNC(=O)c1ccccc1NC(=O)[C@H]1CC(=O)N(c2cccc(C)c2C)C1. The molecule has 1 heterocycles. The lowest BCUT2D eigenvalue weighted by molar-refractivity contribution is -0.122. The molecule has 0 saturated carbocycles. The van der Waals surface area contributed by atoms with Crippen molar-refractivity contribution in [3.63, 3.8) is 0 Å². The number of hydrogen-bond acceptors (Lipinski definition) is 3. The molecule has 0 radical (unpaired) electrons. The summed E-state index contributed by atoms with van der Waals surface area (Å²) in [6.07, 6.45) is 0.154. The molecular formula is C21H23N3O3. The fraction of sp³-hybridized carbons (Fsp3) is 0.286. The van der Waals surface area contributed by atoms with Crippen molar-refractivity contribution in [1.82, 2.24) is 5.32 Å². The molecule has 1 aliphatic rings. The standard InChI is InChI=1S/C21H23N3O3/c1-13-7-6-10-18(14(13)2)24-12-15(11-19(24)25)20(26)23-17-9-5-4-8-16(17)21(27)22-3/h4-10,15H,11-12H2,1-3H3,(H,22,27)(H,23,26)/t15-/m0/s1. The number of carbonyl (C=O) groups excluding carboxylic acids is 3. The molecule has 1 fully saturated rings. The van der Waals surface area contributed by atoms with Gasteiger partial charge < -0.3 is 15.5 Å². The van der Waals surface area contributed by atoms with Crippen molar-refractivity contribution in [2.24, 2.45) is 5.92 Å². The number of para-hydroxylation sites is 1. The van der Waals surface area contributed by atoms with E-state index in [1.165, 1.54) is 0 Å². The van der Waals surface area contributed by atoms with Gasteiger partial charge in [-0.15, -0.1) is 0 Å². The number of benzene rings is 2. The van der Waals surface area contributed by atoms with Crippen molar-refractivity contribution >= 4 is 29.1 Å². The van der Waals surface area contributed by atoms with Crippen LogP contribution in [0.4, 0.5) is 11.4 Å². The van der Waals surface area contributed by atoms with Gasteiger partial charge in [-0.25, -0.2) is 0 Å². The van der Waals surface area contributed by atoms with Crippen LogP contribution in [-0.2, 0) is 9.59 Å². The molecule has 27 heavy (non-hydrogen) atoms. The first-order valence-electron chi connectivity index (χ1n) is 8.91. The molecule has 1 aliphatic heterocycles. The van der Waals surface area contributed by atoms with Crippen LogP contribution in [0.3, 0.4) is 0 Å². The summed E-state index contributed by atoms with van der Waals surface area (Å²) in [5, 5.41) is 5.37. The van der Waals surface area contributed by atoms with Crippen LogP contribution in [-0.4, -0.2) is 31.3 Å². The fourth-order valence-corrected chi connectivity index (χ4v) is 3.30. The molecule has 3 rings (SSSR count). The first-order valence-corrected chi connectivity index (χ1v) is 8.91. The molecule has 1 saturated heterocycles. The van der Waals surface area contributed by atoms with Crippen LogP contribution in [0, 0.1) is 19.8 Å². The van der Waals surface area contributed by atoms with E-state index in [1.54, 1.807) is 36.2 Å². The van der Waals surface area contributed by atoms with Gasteiger partial charge in [0.05, 0.1) is 17.2 Å². The number of rotatable bonds is 4. The second-order valence-corrected chi connectivity index (χ2v) is 6.74. The number of hydrogen-bond donors (Lipinski definition) is 2. The fourth-order valence-electron chi connectivity index (χ4n) is 3.30. The lowest BCUT2D eigenvalue weighted by atomic mass is 10.1. The predicted octanol–water partition coefficient (Wildman–Crippen LogP) is 2.65. The van der Waals surface area contributed by atoms with Gasteiger partial charge in [-0.05, 0) is 43.2 Å². The van der Waals surface area contributed by atoms with Crippen molar-refractivity contribution in [1.29, 1.82) is 0 Å². The topological polar surface area (TPSA) is 78.5 Å². The van der Waals surface area contributed by atoms with E-state index in [4.69, 9.17) is 0 Å². The number of anilines is 2. The predicted molar refractivity (Wildman–Crippen MR) is 105 cm³/mol. The molecule has 0 unspecified atom stereocenters. The minimum absolute atomic E-state index is 0.0663. The van der Waals surface area contributed by atoms with Crippen molar-refractivity contribution in [2.75, 3.05) is 23.8 Å². The Morgan fingerprint density at radius 3 is 2.56 bits per heavy atom. The van der Waals surface area contributed by atoms with E-state index in [9.17, 15) is 14.4 Å². The summed E-state index contributed by atoms with van der Waals surface area (Å²) >= 11 is 0. The Labute approximate surface area is 158 Å². The highest BCUT2D eigenvalue weighted by molar-refractivity contribution is 6.07. The lowest BCUT2D eigenvalue weighted by Gasteiger charge is -2.20. The molecule has 2 N–H and O–H groups in total. The Hall–Kier alpha value is -3.15. The van der Waals surface area contributed by atoms with Crippen molar-refractivity contribution in [3.05, 3.63) is 59.2 Å². The van der Waals surface area contributed by atoms with Crippen LogP contribution >= 0.6 is 0 Å². The maximum absolute atomic E-state index is 12.7. The molecule has 1 atom stereocenters. The first kappa shape index (κ1) is 18.6. The second kappa shape index (κ2) is 7.61. The van der Waals surface area contributed by atoms with Gasteiger partial charge in [-0.3, -0.25) is 14.4 Å². The van der Waals surface area contributed by atoms with Crippen LogP contribution in [0.2, 0.25) is 0 Å². The van der Waals surface area contributed by atoms with E-state index >= 15 is 0 Å². The third kappa shape index (κ3) is 3.69. The normalized spacial score (nSPS) is 16.3. The molecule has 3 amide bonds. The Bertz CT molecular complexity index is 907. The molecule has 2 aromatic carbocycles. The first-order chi connectivity index (χ1) is 12.9. The summed E-state index contributed by atoms with van der Waals surface area (Å²) < 4.78 is 0. The molecule has 0 spiro atoms. The van der Waals surface area contributed by atoms with Gasteiger partial charge in [0.25, 0.3) is 5.91 Å². The van der Waals surface area contributed by atoms with E-state index in [0.29, 0.717) is 17.8 Å². The molecular weight excluding hydrogens is 342 g/mol.